The third kappa shape index (κ3) is 6.43. The molecule has 5 aliphatic rings. The highest BCUT2D eigenvalue weighted by molar-refractivity contribution is 6.04. The van der Waals surface area contributed by atoms with Crippen LogP contribution in [0.15, 0.2) is 42.2 Å². The fourth-order valence-electron chi connectivity index (χ4n) is 9.30. The van der Waals surface area contributed by atoms with Gasteiger partial charge < -0.3 is 18.9 Å². The molecule has 9 atom stereocenters. The van der Waals surface area contributed by atoms with Gasteiger partial charge in [-0.15, -0.1) is 0 Å². The second kappa shape index (κ2) is 13.1. The molecule has 0 unspecified atom stereocenters. The van der Waals surface area contributed by atoms with E-state index in [1.54, 1.807) is 36.4 Å². The van der Waals surface area contributed by atoms with E-state index in [2.05, 4.69) is 41.5 Å². The van der Waals surface area contributed by atoms with Crippen LogP contribution >= 0.6 is 0 Å². The van der Waals surface area contributed by atoms with Gasteiger partial charge in [0.15, 0.2) is 11.2 Å². The molecule has 3 aliphatic carbocycles. The Morgan fingerprint density at radius 1 is 0.809 bits per heavy atom. The fraction of sp³-hybridized carbons (Fsp3) is 0.692. The van der Waals surface area contributed by atoms with E-state index in [0.717, 1.165) is 38.5 Å². The highest BCUT2D eigenvalue weighted by Gasteiger charge is 2.69. The van der Waals surface area contributed by atoms with Crippen LogP contribution in [0.5, 0.6) is 0 Å². The first-order chi connectivity index (χ1) is 22.3. The van der Waals surface area contributed by atoms with Gasteiger partial charge in [-0.25, -0.2) is 4.79 Å². The van der Waals surface area contributed by atoms with Crippen LogP contribution < -0.4 is 0 Å². The third-order valence-electron chi connectivity index (χ3n) is 12.1. The summed E-state index contributed by atoms with van der Waals surface area (Å²) >= 11 is 0. The summed E-state index contributed by atoms with van der Waals surface area (Å²) in [6, 6.07) is 8.51. The minimum atomic E-state index is -1.59. The Morgan fingerprint density at radius 3 is 1.89 bits per heavy atom. The summed E-state index contributed by atoms with van der Waals surface area (Å²) in [7, 11) is 0. The van der Waals surface area contributed by atoms with Crippen LogP contribution in [0.1, 0.15) is 110 Å². The molecule has 47 heavy (non-hydrogen) atoms. The lowest BCUT2D eigenvalue weighted by atomic mass is 9.74. The molecule has 6 rings (SSSR count). The zero-order valence-electron chi connectivity index (χ0n) is 28.9. The van der Waals surface area contributed by atoms with E-state index in [1.807, 2.05) is 0 Å². The summed E-state index contributed by atoms with van der Waals surface area (Å²) in [6.45, 7) is 13.0. The van der Waals surface area contributed by atoms with E-state index in [-0.39, 0.29) is 48.6 Å². The Bertz CT molecular complexity index is 1350. The summed E-state index contributed by atoms with van der Waals surface area (Å²) in [4.78, 5) is 55.6. The highest BCUT2D eigenvalue weighted by atomic mass is 16.6. The lowest BCUT2D eigenvalue weighted by Gasteiger charge is -2.40. The van der Waals surface area contributed by atoms with Crippen molar-refractivity contribution < 1.29 is 38.1 Å². The molecule has 0 N–H and O–H groups in total. The van der Waals surface area contributed by atoms with E-state index < -0.39 is 40.8 Å². The van der Waals surface area contributed by atoms with Crippen LogP contribution in [0.25, 0.3) is 0 Å². The average Bonchev–Trinajstić information content (AvgIpc) is 3.49. The number of ketones is 1. The maximum absolute atomic E-state index is 14.6. The normalized spacial score (nSPS) is 36.1. The van der Waals surface area contributed by atoms with Crippen LogP contribution in [0.4, 0.5) is 0 Å². The smallest absolute Gasteiger partial charge is 0.343 e. The number of fused-ring (bicyclic) bond motifs is 1. The minimum absolute atomic E-state index is 0.0122. The van der Waals surface area contributed by atoms with Crippen molar-refractivity contribution in [3.05, 3.63) is 47.7 Å². The van der Waals surface area contributed by atoms with Crippen LogP contribution in [0, 0.1) is 46.8 Å². The van der Waals surface area contributed by atoms with Crippen LogP contribution in [-0.2, 0) is 33.3 Å². The summed E-state index contributed by atoms with van der Waals surface area (Å²) < 4.78 is 24.9. The molecule has 0 aromatic heterocycles. The van der Waals surface area contributed by atoms with Gasteiger partial charge in [0.05, 0.1) is 11.2 Å². The molecule has 1 spiro atoms. The molecule has 8 nitrogen and oxygen atoms in total. The van der Waals surface area contributed by atoms with E-state index in [1.165, 1.54) is 0 Å². The number of carbonyl (C=O) groups excluding carboxylic acids is 4. The largest absolute Gasteiger partial charge is 0.461 e. The van der Waals surface area contributed by atoms with Crippen molar-refractivity contribution in [3.8, 4) is 0 Å². The second-order valence-corrected chi connectivity index (χ2v) is 16.1. The molecule has 2 bridgehead atoms. The van der Waals surface area contributed by atoms with Gasteiger partial charge in [0, 0.05) is 6.42 Å². The number of rotatable bonds is 8. The van der Waals surface area contributed by atoms with Crippen molar-refractivity contribution in [2.45, 2.75) is 123 Å². The Hall–Kier alpha value is -3.00. The molecule has 2 heterocycles. The maximum Gasteiger partial charge on any atom is 0.343 e. The Balaban J connectivity index is 1.33. The number of esters is 3. The van der Waals surface area contributed by atoms with Gasteiger partial charge in [-0.2, -0.15) is 0 Å². The highest BCUT2D eigenvalue weighted by Crippen LogP contribution is 2.60. The quantitative estimate of drug-likeness (QED) is 0.165. The number of carbonyl (C=O) groups is 4. The summed E-state index contributed by atoms with van der Waals surface area (Å²) in [5.74, 6) is -0.606. The molecule has 2 aliphatic heterocycles. The van der Waals surface area contributed by atoms with Crippen molar-refractivity contribution >= 4 is 23.7 Å². The number of benzene rings is 1. The molecule has 1 aromatic carbocycles. The number of hydrogen-bond acceptors (Lipinski definition) is 8. The van der Waals surface area contributed by atoms with Crippen molar-refractivity contribution in [2.75, 3.05) is 0 Å². The predicted octanol–water partition coefficient (Wildman–Crippen LogP) is 7.24. The average molecular weight is 649 g/mol. The summed E-state index contributed by atoms with van der Waals surface area (Å²) in [5.41, 5.74) is -2.40. The van der Waals surface area contributed by atoms with Gasteiger partial charge in [-0.1, -0.05) is 72.6 Å². The third-order valence-corrected chi connectivity index (χ3v) is 12.1. The van der Waals surface area contributed by atoms with E-state index in [4.69, 9.17) is 18.9 Å². The van der Waals surface area contributed by atoms with Gasteiger partial charge in [0.2, 0.25) is 5.78 Å². The molecular formula is C39H52O8. The topological polar surface area (TPSA) is 105 Å². The summed E-state index contributed by atoms with van der Waals surface area (Å²) in [5, 5.41) is 0. The van der Waals surface area contributed by atoms with E-state index in [0.29, 0.717) is 35.7 Å². The second-order valence-electron chi connectivity index (χ2n) is 16.1. The fourth-order valence-corrected chi connectivity index (χ4v) is 9.30. The molecule has 0 radical (unpaired) electrons. The van der Waals surface area contributed by atoms with Crippen molar-refractivity contribution in [1.29, 1.82) is 0 Å². The molecule has 0 amide bonds. The first-order valence-corrected chi connectivity index (χ1v) is 18.0. The van der Waals surface area contributed by atoms with Crippen molar-refractivity contribution in [1.82, 2.24) is 0 Å². The SMILES string of the molecule is CC(C)[C@@H]1CC[C@@H](C)C[C@H]1OC(=O)C1(C(=O)O[C@@H]2C[C@H](C)CC[C@H]2C(C)C)C[C@H]2C[C@H]3O[C@@]2(C=C(OC(=O)c2ccccc2)C3=O)C1. The van der Waals surface area contributed by atoms with Gasteiger partial charge in [-0.05, 0) is 98.2 Å². The van der Waals surface area contributed by atoms with Crippen LogP contribution in [0.2, 0.25) is 0 Å². The lowest BCUT2D eigenvalue weighted by molar-refractivity contribution is -0.187. The lowest BCUT2D eigenvalue weighted by Crippen LogP contribution is -2.49. The number of hydrogen-bond donors (Lipinski definition) is 0. The van der Waals surface area contributed by atoms with Gasteiger partial charge in [-0.3, -0.25) is 14.4 Å². The Morgan fingerprint density at radius 2 is 1.36 bits per heavy atom. The molecular weight excluding hydrogens is 596 g/mol. The van der Waals surface area contributed by atoms with Crippen molar-refractivity contribution in [2.24, 2.45) is 46.8 Å². The van der Waals surface area contributed by atoms with Gasteiger partial charge in [0.1, 0.15) is 18.3 Å². The molecule has 4 fully saturated rings. The number of Topliss-reactive ketones (excluding diaryl/α,β-unsaturated/α-hetero) is 1. The first-order valence-electron chi connectivity index (χ1n) is 18.0. The van der Waals surface area contributed by atoms with Gasteiger partial charge in [0.25, 0.3) is 0 Å². The zero-order chi connectivity index (χ0) is 33.7. The molecule has 1 saturated heterocycles. The van der Waals surface area contributed by atoms with E-state index in [9.17, 15) is 19.2 Å². The van der Waals surface area contributed by atoms with Crippen molar-refractivity contribution in [3.63, 3.8) is 0 Å². The first kappa shape index (κ1) is 33.9. The maximum atomic E-state index is 14.6. The monoisotopic (exact) mass is 648 g/mol. The predicted molar refractivity (Wildman–Crippen MR) is 175 cm³/mol. The molecule has 3 saturated carbocycles. The molecule has 1 aromatic rings. The molecule has 8 heteroatoms. The zero-order valence-corrected chi connectivity index (χ0v) is 28.9. The van der Waals surface area contributed by atoms with Crippen LogP contribution in [-0.4, -0.2) is 47.6 Å². The molecule has 256 valence electrons. The Kier molecular flexibility index (Phi) is 9.47. The number of ether oxygens (including phenoxy) is 4. The minimum Gasteiger partial charge on any atom is -0.461 e. The van der Waals surface area contributed by atoms with E-state index >= 15 is 0 Å². The summed E-state index contributed by atoms with van der Waals surface area (Å²) in [6.07, 6.45) is 6.31. The standard InChI is InChI=1S/C39H52O8/c1-22(2)28-14-12-24(5)16-30(28)45-36(42)38(37(43)46-31-17-25(6)13-15-29(31)23(3)4)19-27-18-32-34(40)33(20-39(27,21-38)47-32)44-35(41)26-10-8-7-9-11-26/h7-11,20,22-25,27-32H,12-19,21H2,1-6H3/t24-,25-,27-,28+,29+,30-,31-,32-,39+/m1/s1. The van der Waals surface area contributed by atoms with Gasteiger partial charge >= 0.3 is 17.9 Å². The Labute approximate surface area is 279 Å². The van der Waals surface area contributed by atoms with Crippen LogP contribution in [0.3, 0.4) is 0 Å².